The molecule has 3 atom stereocenters. The number of aliphatic imine (C=N–C) groups is 1. The molecule has 1 aliphatic rings. The van der Waals surface area contributed by atoms with Crippen LogP contribution in [0.5, 0.6) is 0 Å². The Kier molecular flexibility index (Phi) is 10.1. The zero-order valence-corrected chi connectivity index (χ0v) is 26.8. The summed E-state index contributed by atoms with van der Waals surface area (Å²) in [7, 11) is 0. The van der Waals surface area contributed by atoms with Crippen molar-refractivity contribution in [1.82, 2.24) is 40.3 Å². The molecule has 4 amide bonds. The van der Waals surface area contributed by atoms with Gasteiger partial charge in [0.15, 0.2) is 0 Å². The number of rotatable bonds is 7. The number of β-lactam (4-membered cyclic amide) rings is 1. The Bertz CT molecular complexity index is 1560. The maximum Gasteiger partial charge on any atom is 0.437 e. The second kappa shape index (κ2) is 13.8. The summed E-state index contributed by atoms with van der Waals surface area (Å²) in [6.07, 6.45) is 1.92. The van der Waals surface area contributed by atoms with E-state index in [4.69, 9.17) is 14.2 Å². The third kappa shape index (κ3) is 9.12. The predicted molar refractivity (Wildman–Crippen MR) is 163 cm³/mol. The smallest absolute Gasteiger partial charge is 0.437 e. The quantitative estimate of drug-likeness (QED) is 0.168. The summed E-state index contributed by atoms with van der Waals surface area (Å²) in [5.41, 5.74) is -0.613. The van der Waals surface area contributed by atoms with Crippen LogP contribution in [0.3, 0.4) is 0 Å². The summed E-state index contributed by atoms with van der Waals surface area (Å²) in [6, 6.07) is 8.50. The molecule has 16 heteroatoms. The van der Waals surface area contributed by atoms with Gasteiger partial charge in [0.25, 0.3) is 0 Å². The number of amides is 4. The molecule has 3 heterocycles. The van der Waals surface area contributed by atoms with Crippen molar-refractivity contribution in [2.75, 3.05) is 0 Å². The van der Waals surface area contributed by atoms with Gasteiger partial charge in [-0.15, -0.1) is 4.99 Å². The monoisotopic (exact) mass is 637 g/mol. The van der Waals surface area contributed by atoms with E-state index < -0.39 is 47.6 Å². The third-order valence-electron chi connectivity index (χ3n) is 6.33. The highest BCUT2D eigenvalue weighted by Gasteiger charge is 2.42. The van der Waals surface area contributed by atoms with Gasteiger partial charge in [0.1, 0.15) is 29.5 Å². The van der Waals surface area contributed by atoms with Gasteiger partial charge in [-0.3, -0.25) is 4.79 Å². The van der Waals surface area contributed by atoms with Crippen molar-refractivity contribution in [1.29, 1.82) is 0 Å². The van der Waals surface area contributed by atoms with Crippen LogP contribution < -0.4 is 10.6 Å². The fraction of sp³-hybridized carbons (Fsp3) is 0.467. The molecule has 1 fully saturated rings. The SMILES string of the molecule is CC(c1cnn(C[C@H]2NC(=O)[C@H]2NC(=O)OCc2ccccc2)n1)N(C(=O)OC(C)(C)C)/C(=N/C(=O)OC(C)(C)C)n1cccn1. The van der Waals surface area contributed by atoms with E-state index in [9.17, 15) is 19.2 Å². The van der Waals surface area contributed by atoms with Gasteiger partial charge >= 0.3 is 18.3 Å². The van der Waals surface area contributed by atoms with Gasteiger partial charge in [-0.05, 0) is 60.1 Å². The average molecular weight is 638 g/mol. The molecular weight excluding hydrogens is 598 g/mol. The number of hydrogen-bond acceptors (Lipinski definition) is 10. The third-order valence-corrected chi connectivity index (χ3v) is 6.33. The molecule has 1 aromatic carbocycles. The van der Waals surface area contributed by atoms with Crippen LogP contribution >= 0.6 is 0 Å². The minimum Gasteiger partial charge on any atom is -0.445 e. The van der Waals surface area contributed by atoms with E-state index in [-0.39, 0.29) is 25.0 Å². The first-order valence-electron chi connectivity index (χ1n) is 14.6. The van der Waals surface area contributed by atoms with Gasteiger partial charge in [-0.25, -0.2) is 24.0 Å². The number of benzene rings is 1. The number of ether oxygens (including phenoxy) is 3. The van der Waals surface area contributed by atoms with Gasteiger partial charge in [0.05, 0.1) is 24.8 Å². The highest BCUT2D eigenvalue weighted by atomic mass is 16.6. The number of carbonyl (C=O) groups is 4. The zero-order valence-electron chi connectivity index (χ0n) is 26.8. The molecule has 46 heavy (non-hydrogen) atoms. The number of aromatic nitrogens is 5. The Morgan fingerprint density at radius 1 is 1.04 bits per heavy atom. The molecule has 16 nitrogen and oxygen atoms in total. The molecule has 1 aliphatic heterocycles. The Hall–Kier alpha value is -5.28. The maximum absolute atomic E-state index is 13.6. The summed E-state index contributed by atoms with van der Waals surface area (Å²) in [6.45, 7) is 12.0. The van der Waals surface area contributed by atoms with Crippen molar-refractivity contribution in [2.24, 2.45) is 4.99 Å². The van der Waals surface area contributed by atoms with Crippen molar-refractivity contribution in [3.63, 3.8) is 0 Å². The van der Waals surface area contributed by atoms with Crippen LogP contribution in [0.25, 0.3) is 0 Å². The van der Waals surface area contributed by atoms with E-state index in [1.54, 1.807) is 54.5 Å². The molecule has 1 saturated heterocycles. The summed E-state index contributed by atoms with van der Waals surface area (Å²) in [5.74, 6) is -0.555. The Labute approximate surface area is 266 Å². The summed E-state index contributed by atoms with van der Waals surface area (Å²) in [4.78, 5) is 57.6. The van der Waals surface area contributed by atoms with E-state index in [0.29, 0.717) is 5.69 Å². The lowest BCUT2D eigenvalue weighted by molar-refractivity contribution is -0.132. The highest BCUT2D eigenvalue weighted by Crippen LogP contribution is 2.23. The number of alkyl carbamates (subject to hydrolysis) is 1. The fourth-order valence-electron chi connectivity index (χ4n) is 4.24. The van der Waals surface area contributed by atoms with E-state index in [1.165, 1.54) is 28.1 Å². The number of hydrogen-bond donors (Lipinski definition) is 2. The second-order valence-corrected chi connectivity index (χ2v) is 12.5. The summed E-state index contributed by atoms with van der Waals surface area (Å²) < 4.78 is 17.5. The van der Waals surface area contributed by atoms with Gasteiger partial charge in [-0.2, -0.15) is 20.1 Å². The maximum atomic E-state index is 13.6. The summed E-state index contributed by atoms with van der Waals surface area (Å²) in [5, 5.41) is 18.3. The van der Waals surface area contributed by atoms with Crippen molar-refractivity contribution in [2.45, 2.75) is 90.9 Å². The number of nitrogens with one attached hydrogen (secondary N) is 2. The number of nitrogens with zero attached hydrogens (tertiary/aromatic N) is 7. The normalized spacial score (nSPS) is 17.3. The molecule has 1 unspecified atom stereocenters. The molecule has 0 radical (unpaired) electrons. The lowest BCUT2D eigenvalue weighted by Gasteiger charge is -2.36. The zero-order chi connectivity index (χ0) is 33.6. The van der Waals surface area contributed by atoms with Crippen LogP contribution in [0.1, 0.15) is 65.8 Å². The lowest BCUT2D eigenvalue weighted by Crippen LogP contribution is -2.70. The molecule has 2 N–H and O–H groups in total. The minimum atomic E-state index is -0.941. The molecule has 246 valence electrons. The van der Waals surface area contributed by atoms with E-state index in [1.807, 2.05) is 30.3 Å². The minimum absolute atomic E-state index is 0.0551. The first kappa shape index (κ1) is 33.6. The van der Waals surface area contributed by atoms with Crippen LogP contribution in [0, 0.1) is 0 Å². The number of carbonyl (C=O) groups excluding carboxylic acids is 4. The van der Waals surface area contributed by atoms with Crippen molar-refractivity contribution >= 4 is 30.1 Å². The molecule has 0 saturated carbocycles. The topological polar surface area (TPSA) is 184 Å². The summed E-state index contributed by atoms with van der Waals surface area (Å²) >= 11 is 0. The van der Waals surface area contributed by atoms with Crippen molar-refractivity contribution in [3.05, 3.63) is 66.2 Å². The second-order valence-electron chi connectivity index (χ2n) is 12.5. The largest absolute Gasteiger partial charge is 0.445 e. The highest BCUT2D eigenvalue weighted by molar-refractivity contribution is 6.00. The van der Waals surface area contributed by atoms with Crippen molar-refractivity contribution < 1.29 is 33.4 Å². The van der Waals surface area contributed by atoms with Crippen LogP contribution in [0.2, 0.25) is 0 Å². The fourth-order valence-corrected chi connectivity index (χ4v) is 4.24. The Balaban J connectivity index is 1.52. The Morgan fingerprint density at radius 2 is 1.74 bits per heavy atom. The molecule has 0 aliphatic carbocycles. The van der Waals surface area contributed by atoms with Crippen LogP contribution in [0.4, 0.5) is 14.4 Å². The Morgan fingerprint density at radius 3 is 2.35 bits per heavy atom. The van der Waals surface area contributed by atoms with E-state index in [0.717, 1.165) is 10.5 Å². The van der Waals surface area contributed by atoms with Crippen LogP contribution in [-0.4, -0.2) is 83.1 Å². The first-order chi connectivity index (χ1) is 21.6. The standard InChI is InChI=1S/C30H39N9O7/c1-19(39(28(43)46-30(5,6)7)25(37-15-11-14-31-37)35-27(42)45-29(2,3)4)21-16-32-38(36-21)17-22-23(24(40)33-22)34-26(41)44-18-20-12-9-8-10-13-20/h8-16,19,22-23H,17-18H2,1-7H3,(H,33,40)(H,34,41)/b35-25+/t19?,22-,23+/m1/s1. The molecular formula is C30H39N9O7. The molecule has 3 aromatic rings. The lowest BCUT2D eigenvalue weighted by atomic mass is 9.99. The molecule has 4 rings (SSSR count). The van der Waals surface area contributed by atoms with E-state index in [2.05, 4.69) is 30.9 Å². The van der Waals surface area contributed by atoms with Crippen molar-refractivity contribution in [3.8, 4) is 0 Å². The molecule has 0 bridgehead atoms. The first-order valence-corrected chi connectivity index (χ1v) is 14.6. The van der Waals surface area contributed by atoms with Crippen LogP contribution in [-0.2, 0) is 32.2 Å². The van der Waals surface area contributed by atoms with Gasteiger partial charge in [-0.1, -0.05) is 30.3 Å². The van der Waals surface area contributed by atoms with Gasteiger partial charge in [0.2, 0.25) is 11.9 Å². The average Bonchev–Trinajstić information content (AvgIpc) is 3.66. The molecule has 2 aromatic heterocycles. The van der Waals surface area contributed by atoms with Gasteiger partial charge in [0, 0.05) is 12.4 Å². The van der Waals surface area contributed by atoms with Gasteiger partial charge < -0.3 is 24.8 Å². The van der Waals surface area contributed by atoms with Crippen LogP contribution in [0.15, 0.2) is 60.0 Å². The molecule has 0 spiro atoms. The predicted octanol–water partition coefficient (Wildman–Crippen LogP) is 3.41. The van der Waals surface area contributed by atoms with E-state index >= 15 is 0 Å².